The quantitative estimate of drug-likeness (QED) is 0.716. The van der Waals surface area contributed by atoms with Crippen LogP contribution in [0.5, 0.6) is 0 Å². The van der Waals surface area contributed by atoms with Crippen molar-refractivity contribution in [1.82, 2.24) is 19.7 Å². The molecule has 1 aliphatic heterocycles. The lowest BCUT2D eigenvalue weighted by Crippen LogP contribution is -2.40. The number of amides is 1. The van der Waals surface area contributed by atoms with E-state index in [1.165, 1.54) is 0 Å². The number of rotatable bonds is 5. The van der Waals surface area contributed by atoms with E-state index in [0.717, 1.165) is 11.4 Å². The van der Waals surface area contributed by atoms with Crippen molar-refractivity contribution in [3.8, 4) is 5.69 Å². The van der Waals surface area contributed by atoms with Crippen molar-refractivity contribution in [2.75, 3.05) is 31.6 Å². The van der Waals surface area contributed by atoms with E-state index in [2.05, 4.69) is 15.4 Å². The Balaban J connectivity index is 1.40. The Morgan fingerprint density at radius 3 is 2.71 bits per heavy atom. The van der Waals surface area contributed by atoms with Crippen LogP contribution in [0.4, 0.5) is 5.82 Å². The van der Waals surface area contributed by atoms with Crippen molar-refractivity contribution in [2.45, 2.75) is 6.54 Å². The molecule has 0 spiro atoms. The molecule has 4 rings (SSSR count). The van der Waals surface area contributed by atoms with E-state index in [4.69, 9.17) is 16.3 Å². The Hall–Kier alpha value is -2.90. The Bertz CT molecular complexity index is 954. The van der Waals surface area contributed by atoms with Crippen LogP contribution in [-0.2, 0) is 11.3 Å². The Morgan fingerprint density at radius 1 is 1.18 bits per heavy atom. The number of pyridine rings is 1. The van der Waals surface area contributed by atoms with Crippen molar-refractivity contribution in [1.29, 1.82) is 0 Å². The fourth-order valence-electron chi connectivity index (χ4n) is 2.99. The summed E-state index contributed by atoms with van der Waals surface area (Å²) in [5.74, 6) is 0.445. The summed E-state index contributed by atoms with van der Waals surface area (Å²) >= 11 is 6.33. The summed E-state index contributed by atoms with van der Waals surface area (Å²) in [5.41, 5.74) is 2.33. The van der Waals surface area contributed by atoms with Gasteiger partial charge >= 0.3 is 0 Å². The molecular weight excluding hydrogens is 378 g/mol. The molecule has 2 aromatic heterocycles. The van der Waals surface area contributed by atoms with Crippen LogP contribution in [0.25, 0.3) is 5.69 Å². The number of hydrogen-bond acceptors (Lipinski definition) is 5. The maximum Gasteiger partial charge on any atom is 0.255 e. The number of ether oxygens (including phenoxy) is 1. The highest BCUT2D eigenvalue weighted by Crippen LogP contribution is 2.22. The monoisotopic (exact) mass is 397 g/mol. The van der Waals surface area contributed by atoms with E-state index in [1.54, 1.807) is 17.2 Å². The van der Waals surface area contributed by atoms with Crippen molar-refractivity contribution < 1.29 is 9.53 Å². The third-order valence-corrected chi connectivity index (χ3v) is 4.78. The summed E-state index contributed by atoms with van der Waals surface area (Å²) in [6.07, 6.45) is 3.46. The fraction of sp³-hybridized carbons (Fsp3) is 0.250. The van der Waals surface area contributed by atoms with Crippen molar-refractivity contribution >= 4 is 23.3 Å². The minimum absolute atomic E-state index is 0.0779. The van der Waals surface area contributed by atoms with Gasteiger partial charge in [0.25, 0.3) is 5.91 Å². The molecule has 1 N–H and O–H groups in total. The van der Waals surface area contributed by atoms with E-state index in [1.807, 2.05) is 47.3 Å². The van der Waals surface area contributed by atoms with Gasteiger partial charge in [-0.1, -0.05) is 29.8 Å². The Kier molecular flexibility index (Phi) is 5.55. The third-order valence-electron chi connectivity index (χ3n) is 4.49. The van der Waals surface area contributed by atoms with Crippen molar-refractivity contribution in [3.63, 3.8) is 0 Å². The molecule has 1 saturated heterocycles. The number of aromatic nitrogens is 3. The SMILES string of the molecule is O=C(c1cnc(NCc2ccn(-c3ccccc3)n2)c(Cl)c1)N1CCOCC1. The molecule has 0 unspecified atom stereocenters. The highest BCUT2D eigenvalue weighted by molar-refractivity contribution is 6.33. The summed E-state index contributed by atoms with van der Waals surface area (Å²) in [4.78, 5) is 18.6. The predicted octanol–water partition coefficient (Wildman–Crippen LogP) is 3.01. The highest BCUT2D eigenvalue weighted by atomic mass is 35.5. The van der Waals surface area contributed by atoms with E-state index >= 15 is 0 Å². The molecule has 1 aliphatic rings. The molecule has 7 nitrogen and oxygen atoms in total. The number of carbonyl (C=O) groups is 1. The van der Waals surface area contributed by atoms with Gasteiger partial charge in [-0.3, -0.25) is 4.79 Å². The van der Waals surface area contributed by atoms with E-state index in [9.17, 15) is 4.79 Å². The summed E-state index contributed by atoms with van der Waals surface area (Å²) in [6, 6.07) is 13.5. The lowest BCUT2D eigenvalue weighted by atomic mass is 10.2. The van der Waals surface area contributed by atoms with Crippen LogP contribution in [0.15, 0.2) is 54.9 Å². The van der Waals surface area contributed by atoms with Gasteiger partial charge in [0.05, 0.1) is 41.7 Å². The molecule has 144 valence electrons. The topological polar surface area (TPSA) is 72.3 Å². The zero-order valence-electron chi connectivity index (χ0n) is 15.2. The van der Waals surface area contributed by atoms with Gasteiger partial charge < -0.3 is 15.0 Å². The second-order valence-electron chi connectivity index (χ2n) is 6.40. The molecule has 0 atom stereocenters. The first-order chi connectivity index (χ1) is 13.7. The first-order valence-electron chi connectivity index (χ1n) is 9.07. The summed E-state index contributed by atoms with van der Waals surface area (Å²) in [7, 11) is 0. The number of para-hydroxylation sites is 1. The van der Waals surface area contributed by atoms with E-state index in [0.29, 0.717) is 49.3 Å². The average Bonchev–Trinajstić information content (AvgIpc) is 3.23. The predicted molar refractivity (Wildman–Crippen MR) is 107 cm³/mol. The summed E-state index contributed by atoms with van der Waals surface area (Å²) in [6.45, 7) is 2.76. The summed E-state index contributed by atoms with van der Waals surface area (Å²) < 4.78 is 7.09. The zero-order valence-corrected chi connectivity index (χ0v) is 16.0. The van der Waals surface area contributed by atoms with Gasteiger partial charge in [0.1, 0.15) is 5.82 Å². The second kappa shape index (κ2) is 8.41. The van der Waals surface area contributed by atoms with Crippen LogP contribution < -0.4 is 5.32 Å². The number of carbonyl (C=O) groups excluding carboxylic acids is 1. The first-order valence-corrected chi connectivity index (χ1v) is 9.45. The molecule has 1 aromatic carbocycles. The molecule has 0 saturated carbocycles. The van der Waals surface area contributed by atoms with Crippen LogP contribution >= 0.6 is 11.6 Å². The lowest BCUT2D eigenvalue weighted by Gasteiger charge is -2.26. The van der Waals surface area contributed by atoms with Crippen molar-refractivity contribution in [3.05, 3.63) is 71.1 Å². The number of morpholine rings is 1. The van der Waals surface area contributed by atoms with E-state index < -0.39 is 0 Å². The van der Waals surface area contributed by atoms with Crippen LogP contribution in [0.1, 0.15) is 16.1 Å². The van der Waals surface area contributed by atoms with Crippen LogP contribution in [0, 0.1) is 0 Å². The summed E-state index contributed by atoms with van der Waals surface area (Å²) in [5, 5.41) is 8.12. The minimum Gasteiger partial charge on any atom is -0.378 e. The van der Waals surface area contributed by atoms with Crippen LogP contribution in [0.2, 0.25) is 5.02 Å². The number of anilines is 1. The lowest BCUT2D eigenvalue weighted by molar-refractivity contribution is 0.0302. The largest absolute Gasteiger partial charge is 0.378 e. The normalized spacial score (nSPS) is 14.1. The molecule has 1 amide bonds. The maximum atomic E-state index is 12.5. The average molecular weight is 398 g/mol. The first kappa shape index (κ1) is 18.5. The Morgan fingerprint density at radius 2 is 1.96 bits per heavy atom. The van der Waals surface area contributed by atoms with Crippen LogP contribution in [0.3, 0.4) is 0 Å². The standard InChI is InChI=1S/C20H20ClN5O2/c21-18-12-15(20(27)25-8-10-28-11-9-25)13-22-19(18)23-14-16-6-7-26(24-16)17-4-2-1-3-5-17/h1-7,12-13H,8-11,14H2,(H,22,23). The number of benzene rings is 1. The van der Waals surface area contributed by atoms with Crippen LogP contribution in [-0.4, -0.2) is 51.9 Å². The minimum atomic E-state index is -0.0779. The molecular formula is C20H20ClN5O2. The van der Waals surface area contributed by atoms with Gasteiger partial charge in [-0.15, -0.1) is 0 Å². The van der Waals surface area contributed by atoms with Gasteiger partial charge in [-0.25, -0.2) is 9.67 Å². The molecule has 1 fully saturated rings. The van der Waals surface area contributed by atoms with Crippen molar-refractivity contribution in [2.24, 2.45) is 0 Å². The van der Waals surface area contributed by atoms with Gasteiger partial charge in [0.2, 0.25) is 0 Å². The molecule has 8 heteroatoms. The molecule has 0 radical (unpaired) electrons. The number of nitrogens with zero attached hydrogens (tertiary/aromatic N) is 4. The van der Waals surface area contributed by atoms with Gasteiger partial charge in [0, 0.05) is 25.5 Å². The fourth-order valence-corrected chi connectivity index (χ4v) is 3.22. The smallest absolute Gasteiger partial charge is 0.255 e. The Labute approximate surface area is 167 Å². The second-order valence-corrected chi connectivity index (χ2v) is 6.81. The van der Waals surface area contributed by atoms with Gasteiger partial charge in [-0.2, -0.15) is 5.10 Å². The molecule has 3 heterocycles. The molecule has 28 heavy (non-hydrogen) atoms. The maximum absolute atomic E-state index is 12.5. The number of halogens is 1. The molecule has 0 aliphatic carbocycles. The molecule has 0 bridgehead atoms. The van der Waals surface area contributed by atoms with Gasteiger partial charge in [0.15, 0.2) is 0 Å². The van der Waals surface area contributed by atoms with E-state index in [-0.39, 0.29) is 5.91 Å². The number of hydrogen-bond donors (Lipinski definition) is 1. The molecule has 3 aromatic rings. The highest BCUT2D eigenvalue weighted by Gasteiger charge is 2.19. The third kappa shape index (κ3) is 4.16. The number of nitrogens with one attached hydrogen (secondary N) is 1. The van der Waals surface area contributed by atoms with Gasteiger partial charge in [-0.05, 0) is 24.3 Å². The zero-order chi connectivity index (χ0) is 19.3.